The number of hydrogen-bond donors (Lipinski definition) is 0. The second-order valence-electron chi connectivity index (χ2n) is 5.38. The number of hydrogen-bond acceptors (Lipinski definition) is 7. The molecule has 4 heterocycles. The highest BCUT2D eigenvalue weighted by Crippen LogP contribution is 2.25. The fraction of sp³-hybridized carbons (Fsp3) is 0.312. The summed E-state index contributed by atoms with van der Waals surface area (Å²) < 4.78 is 10.8. The van der Waals surface area contributed by atoms with Gasteiger partial charge in [-0.15, -0.1) is 0 Å². The molecule has 116 valence electrons. The SMILES string of the molecule is c1ccc(-c2ncc(-c3nc(C4CCCOC4)no3)cn2)nc1. The van der Waals surface area contributed by atoms with Crippen molar-refractivity contribution in [1.29, 1.82) is 0 Å². The second kappa shape index (κ2) is 6.21. The van der Waals surface area contributed by atoms with Crippen molar-refractivity contribution in [3.05, 3.63) is 42.6 Å². The zero-order chi connectivity index (χ0) is 15.5. The lowest BCUT2D eigenvalue weighted by molar-refractivity contribution is 0.0773. The number of ether oxygens (including phenoxy) is 1. The lowest BCUT2D eigenvalue weighted by Gasteiger charge is -2.18. The molecule has 0 radical (unpaired) electrons. The second-order valence-corrected chi connectivity index (χ2v) is 5.38. The number of nitrogens with zero attached hydrogens (tertiary/aromatic N) is 5. The Kier molecular flexibility index (Phi) is 3.77. The average Bonchev–Trinajstić information content (AvgIpc) is 3.14. The van der Waals surface area contributed by atoms with Gasteiger partial charge in [0, 0.05) is 31.1 Å². The maximum Gasteiger partial charge on any atom is 0.261 e. The molecule has 0 N–H and O–H groups in total. The predicted molar refractivity (Wildman–Crippen MR) is 81.3 cm³/mol. The molecule has 1 fully saturated rings. The van der Waals surface area contributed by atoms with Crippen molar-refractivity contribution in [3.8, 4) is 23.0 Å². The van der Waals surface area contributed by atoms with Crippen LogP contribution in [0.15, 0.2) is 41.3 Å². The summed E-state index contributed by atoms with van der Waals surface area (Å²) in [6.07, 6.45) is 7.10. The molecule has 1 aliphatic rings. The van der Waals surface area contributed by atoms with Gasteiger partial charge in [0.05, 0.1) is 12.2 Å². The van der Waals surface area contributed by atoms with E-state index in [4.69, 9.17) is 9.26 Å². The third-order valence-electron chi connectivity index (χ3n) is 3.76. The van der Waals surface area contributed by atoms with E-state index in [1.165, 1.54) is 0 Å². The lowest BCUT2D eigenvalue weighted by atomic mass is 10.0. The van der Waals surface area contributed by atoms with E-state index in [1.807, 2.05) is 18.2 Å². The Morgan fingerprint density at radius 2 is 2.00 bits per heavy atom. The van der Waals surface area contributed by atoms with Gasteiger partial charge in [-0.05, 0) is 25.0 Å². The molecular formula is C16H15N5O2. The smallest absolute Gasteiger partial charge is 0.261 e. The Morgan fingerprint density at radius 3 is 2.74 bits per heavy atom. The summed E-state index contributed by atoms with van der Waals surface area (Å²) in [6, 6.07) is 5.62. The third kappa shape index (κ3) is 2.95. The molecule has 4 rings (SSSR count). The van der Waals surface area contributed by atoms with Crippen LogP contribution in [-0.4, -0.2) is 38.3 Å². The molecule has 1 unspecified atom stereocenters. The van der Waals surface area contributed by atoms with E-state index in [1.54, 1.807) is 18.6 Å². The minimum atomic E-state index is 0.204. The monoisotopic (exact) mass is 309 g/mol. The van der Waals surface area contributed by atoms with Gasteiger partial charge >= 0.3 is 0 Å². The summed E-state index contributed by atoms with van der Waals surface area (Å²) in [7, 11) is 0. The zero-order valence-electron chi connectivity index (χ0n) is 12.4. The van der Waals surface area contributed by atoms with E-state index < -0.39 is 0 Å². The van der Waals surface area contributed by atoms with Gasteiger partial charge in [0.2, 0.25) is 0 Å². The van der Waals surface area contributed by atoms with Crippen LogP contribution in [-0.2, 0) is 4.74 Å². The first-order chi connectivity index (χ1) is 11.4. The molecule has 0 spiro atoms. The number of pyridine rings is 1. The normalized spacial score (nSPS) is 18.0. The van der Waals surface area contributed by atoms with Crippen LogP contribution in [0.5, 0.6) is 0 Å². The zero-order valence-corrected chi connectivity index (χ0v) is 12.4. The van der Waals surface area contributed by atoms with Gasteiger partial charge < -0.3 is 9.26 Å². The molecule has 3 aromatic rings. The molecule has 23 heavy (non-hydrogen) atoms. The van der Waals surface area contributed by atoms with Gasteiger partial charge in [-0.3, -0.25) is 4.98 Å². The van der Waals surface area contributed by atoms with Gasteiger partial charge in [0.25, 0.3) is 5.89 Å². The predicted octanol–water partition coefficient (Wildman–Crippen LogP) is 2.48. The van der Waals surface area contributed by atoms with E-state index in [-0.39, 0.29) is 5.92 Å². The Morgan fingerprint density at radius 1 is 1.09 bits per heavy atom. The molecule has 1 atom stereocenters. The van der Waals surface area contributed by atoms with Crippen LogP contribution < -0.4 is 0 Å². The van der Waals surface area contributed by atoms with E-state index in [0.29, 0.717) is 29.7 Å². The summed E-state index contributed by atoms with van der Waals surface area (Å²) in [6.45, 7) is 1.46. The van der Waals surface area contributed by atoms with Crippen molar-refractivity contribution in [2.75, 3.05) is 13.2 Å². The van der Waals surface area contributed by atoms with Crippen LogP contribution in [0, 0.1) is 0 Å². The van der Waals surface area contributed by atoms with Crippen molar-refractivity contribution in [3.63, 3.8) is 0 Å². The first-order valence-electron chi connectivity index (χ1n) is 7.55. The average molecular weight is 309 g/mol. The van der Waals surface area contributed by atoms with Crippen LogP contribution in [0.1, 0.15) is 24.6 Å². The Balaban J connectivity index is 1.55. The van der Waals surface area contributed by atoms with E-state index >= 15 is 0 Å². The number of rotatable bonds is 3. The molecular weight excluding hydrogens is 294 g/mol. The molecule has 0 amide bonds. The molecule has 0 bridgehead atoms. The highest BCUT2D eigenvalue weighted by molar-refractivity contribution is 5.54. The lowest BCUT2D eigenvalue weighted by Crippen LogP contribution is -2.16. The van der Waals surface area contributed by atoms with Gasteiger partial charge in [-0.2, -0.15) is 4.98 Å². The van der Waals surface area contributed by atoms with Crippen molar-refractivity contribution in [2.24, 2.45) is 0 Å². The Hall–Kier alpha value is -2.67. The minimum absolute atomic E-state index is 0.204. The van der Waals surface area contributed by atoms with E-state index in [2.05, 4.69) is 25.1 Å². The molecule has 1 aliphatic heterocycles. The van der Waals surface area contributed by atoms with Crippen LogP contribution in [0.3, 0.4) is 0 Å². The largest absolute Gasteiger partial charge is 0.381 e. The van der Waals surface area contributed by atoms with Crippen molar-refractivity contribution >= 4 is 0 Å². The van der Waals surface area contributed by atoms with Crippen molar-refractivity contribution < 1.29 is 9.26 Å². The molecule has 1 saturated heterocycles. The van der Waals surface area contributed by atoms with E-state index in [9.17, 15) is 0 Å². The van der Waals surface area contributed by atoms with Crippen molar-refractivity contribution in [2.45, 2.75) is 18.8 Å². The topological polar surface area (TPSA) is 86.8 Å². The molecule has 0 aliphatic carbocycles. The summed E-state index contributed by atoms with van der Waals surface area (Å²) in [5.74, 6) is 1.89. The van der Waals surface area contributed by atoms with Crippen molar-refractivity contribution in [1.82, 2.24) is 25.1 Å². The Labute approximate surface area is 132 Å². The molecule has 0 aromatic carbocycles. The minimum Gasteiger partial charge on any atom is -0.381 e. The quantitative estimate of drug-likeness (QED) is 0.734. The maximum absolute atomic E-state index is 5.46. The fourth-order valence-electron chi connectivity index (χ4n) is 2.53. The molecule has 0 saturated carbocycles. The highest BCUT2D eigenvalue weighted by atomic mass is 16.5. The summed E-state index contributed by atoms with van der Waals surface area (Å²) in [5, 5.41) is 4.06. The molecule has 7 heteroatoms. The maximum atomic E-state index is 5.46. The Bertz CT molecular complexity index is 767. The third-order valence-corrected chi connectivity index (χ3v) is 3.76. The highest BCUT2D eigenvalue weighted by Gasteiger charge is 2.22. The first-order valence-corrected chi connectivity index (χ1v) is 7.55. The summed E-state index contributed by atoms with van der Waals surface area (Å²) in [4.78, 5) is 17.3. The standard InChI is InChI=1S/C16H15N5O2/c1-2-6-17-13(5-1)15-18-8-12(9-19-15)16-20-14(21-23-16)11-4-3-7-22-10-11/h1-2,5-6,8-9,11H,3-4,7,10H2. The van der Waals surface area contributed by atoms with Crippen LogP contribution in [0.25, 0.3) is 23.0 Å². The van der Waals surface area contributed by atoms with Crippen LogP contribution >= 0.6 is 0 Å². The molecule has 3 aromatic heterocycles. The molecule has 7 nitrogen and oxygen atoms in total. The van der Waals surface area contributed by atoms with Crippen LogP contribution in [0.2, 0.25) is 0 Å². The first kappa shape index (κ1) is 14.0. The summed E-state index contributed by atoms with van der Waals surface area (Å²) in [5.41, 5.74) is 1.42. The number of aromatic nitrogens is 5. The summed E-state index contributed by atoms with van der Waals surface area (Å²) >= 11 is 0. The van der Waals surface area contributed by atoms with E-state index in [0.717, 1.165) is 25.1 Å². The van der Waals surface area contributed by atoms with Gasteiger partial charge in [0.15, 0.2) is 11.6 Å². The van der Waals surface area contributed by atoms with Crippen LogP contribution in [0.4, 0.5) is 0 Å². The van der Waals surface area contributed by atoms with Gasteiger partial charge in [0.1, 0.15) is 5.69 Å². The fourth-order valence-corrected chi connectivity index (χ4v) is 2.53. The van der Waals surface area contributed by atoms with Gasteiger partial charge in [-0.25, -0.2) is 9.97 Å². The van der Waals surface area contributed by atoms with Gasteiger partial charge in [-0.1, -0.05) is 11.2 Å².